The third-order valence-electron chi connectivity index (χ3n) is 3.27. The zero-order chi connectivity index (χ0) is 15.2. The van der Waals surface area contributed by atoms with E-state index < -0.39 is 0 Å². The van der Waals surface area contributed by atoms with Crippen molar-refractivity contribution >= 4 is 11.5 Å². The smallest absolute Gasteiger partial charge is 0.151 e. The molecule has 1 N–H and O–H groups in total. The van der Waals surface area contributed by atoms with Gasteiger partial charge in [0.2, 0.25) is 0 Å². The predicted octanol–water partition coefficient (Wildman–Crippen LogP) is 3.72. The highest BCUT2D eigenvalue weighted by molar-refractivity contribution is 5.65. The number of hydrogen-bond acceptors (Lipinski definition) is 4. The summed E-state index contributed by atoms with van der Waals surface area (Å²) in [5.74, 6) is 1.85. The molecule has 1 heterocycles. The van der Waals surface area contributed by atoms with Crippen molar-refractivity contribution in [3.63, 3.8) is 0 Å². The van der Waals surface area contributed by atoms with Gasteiger partial charge >= 0.3 is 0 Å². The van der Waals surface area contributed by atoms with E-state index in [4.69, 9.17) is 4.74 Å². The molecular weight excluding hydrogens is 262 g/mol. The van der Waals surface area contributed by atoms with Gasteiger partial charge in [-0.2, -0.15) is 0 Å². The summed E-state index contributed by atoms with van der Waals surface area (Å²) < 4.78 is 5.47. The van der Waals surface area contributed by atoms with Crippen LogP contribution in [-0.2, 0) is 0 Å². The van der Waals surface area contributed by atoms with Crippen LogP contribution in [0.5, 0.6) is 5.75 Å². The van der Waals surface area contributed by atoms with Gasteiger partial charge in [-0.05, 0) is 43.7 Å². The topological polar surface area (TPSA) is 37.4 Å². The van der Waals surface area contributed by atoms with Crippen LogP contribution in [0.25, 0.3) is 0 Å². The van der Waals surface area contributed by atoms with Crippen LogP contribution in [0, 0.1) is 0 Å². The van der Waals surface area contributed by atoms with Crippen LogP contribution < -0.4 is 15.0 Å². The monoisotopic (exact) mass is 285 g/mol. The van der Waals surface area contributed by atoms with Crippen molar-refractivity contribution in [1.29, 1.82) is 0 Å². The average Bonchev–Trinajstić information content (AvgIpc) is 2.48. The zero-order valence-electron chi connectivity index (χ0n) is 13.1. The molecule has 21 heavy (non-hydrogen) atoms. The van der Waals surface area contributed by atoms with E-state index in [1.54, 1.807) is 0 Å². The van der Waals surface area contributed by atoms with Gasteiger partial charge in [0.25, 0.3) is 0 Å². The Morgan fingerprint density at radius 3 is 2.52 bits per heavy atom. The summed E-state index contributed by atoms with van der Waals surface area (Å²) in [6.45, 7) is 4.82. The van der Waals surface area contributed by atoms with Crippen LogP contribution in [0.1, 0.15) is 25.5 Å². The Hall–Kier alpha value is -2.23. The van der Waals surface area contributed by atoms with Crippen LogP contribution in [0.3, 0.4) is 0 Å². The fourth-order valence-electron chi connectivity index (χ4n) is 2.20. The minimum absolute atomic E-state index is 0.198. The van der Waals surface area contributed by atoms with E-state index >= 15 is 0 Å². The molecule has 1 atom stereocenters. The highest BCUT2D eigenvalue weighted by atomic mass is 16.5. The Morgan fingerprint density at radius 2 is 1.90 bits per heavy atom. The average molecular weight is 285 g/mol. The Bertz CT molecular complexity index is 567. The Kier molecular flexibility index (Phi) is 5.04. The van der Waals surface area contributed by atoms with Crippen LogP contribution in [0.15, 0.2) is 42.6 Å². The Labute approximate surface area is 126 Å². The molecule has 0 radical (unpaired) electrons. The van der Waals surface area contributed by atoms with Crippen molar-refractivity contribution in [2.45, 2.75) is 19.9 Å². The van der Waals surface area contributed by atoms with Crippen molar-refractivity contribution in [2.24, 2.45) is 0 Å². The molecule has 2 rings (SSSR count). The number of nitrogens with zero attached hydrogens (tertiary/aromatic N) is 2. The van der Waals surface area contributed by atoms with E-state index in [1.165, 1.54) is 5.56 Å². The number of aromatic nitrogens is 1. The largest absolute Gasteiger partial charge is 0.494 e. The summed E-state index contributed by atoms with van der Waals surface area (Å²) in [7, 11) is 3.99. The highest BCUT2D eigenvalue weighted by Gasteiger charge is 2.10. The first kappa shape index (κ1) is 15.2. The summed E-state index contributed by atoms with van der Waals surface area (Å²) in [6, 6.07) is 12.4. The maximum atomic E-state index is 5.47. The fraction of sp³-hybridized carbons (Fsp3) is 0.353. The van der Waals surface area contributed by atoms with Gasteiger partial charge in [0.05, 0.1) is 12.3 Å². The molecule has 0 spiro atoms. The van der Waals surface area contributed by atoms with Gasteiger partial charge < -0.3 is 15.0 Å². The van der Waals surface area contributed by atoms with E-state index in [2.05, 4.69) is 29.4 Å². The molecule has 4 nitrogen and oxygen atoms in total. The van der Waals surface area contributed by atoms with E-state index in [1.807, 2.05) is 56.4 Å². The molecule has 0 fully saturated rings. The van der Waals surface area contributed by atoms with Gasteiger partial charge in [-0.3, -0.25) is 0 Å². The van der Waals surface area contributed by atoms with Gasteiger partial charge in [-0.25, -0.2) is 4.98 Å². The predicted molar refractivity (Wildman–Crippen MR) is 88.2 cm³/mol. The SMILES string of the molecule is CCOc1ccc(C(C)Nc2cccnc2N(C)C)cc1. The molecule has 4 heteroatoms. The second kappa shape index (κ2) is 6.97. The molecule has 2 aromatic rings. The lowest BCUT2D eigenvalue weighted by Gasteiger charge is -2.21. The molecule has 0 amide bonds. The maximum Gasteiger partial charge on any atom is 0.151 e. The first-order valence-electron chi connectivity index (χ1n) is 7.23. The van der Waals surface area contributed by atoms with E-state index in [-0.39, 0.29) is 6.04 Å². The lowest BCUT2D eigenvalue weighted by molar-refractivity contribution is 0.340. The molecule has 0 saturated heterocycles. The lowest BCUT2D eigenvalue weighted by Crippen LogP contribution is -2.15. The van der Waals surface area contributed by atoms with Crippen molar-refractivity contribution in [3.05, 3.63) is 48.2 Å². The molecule has 0 saturated carbocycles. The first-order chi connectivity index (χ1) is 10.1. The number of nitrogens with one attached hydrogen (secondary N) is 1. The highest BCUT2D eigenvalue weighted by Crippen LogP contribution is 2.26. The summed E-state index contributed by atoms with van der Waals surface area (Å²) in [4.78, 5) is 6.41. The van der Waals surface area contributed by atoms with Gasteiger partial charge in [0.1, 0.15) is 5.75 Å². The van der Waals surface area contributed by atoms with Crippen LogP contribution in [-0.4, -0.2) is 25.7 Å². The molecule has 0 aliphatic carbocycles. The number of pyridine rings is 1. The minimum atomic E-state index is 0.198. The van der Waals surface area contributed by atoms with Crippen molar-refractivity contribution in [3.8, 4) is 5.75 Å². The van der Waals surface area contributed by atoms with Crippen LogP contribution in [0.4, 0.5) is 11.5 Å². The van der Waals surface area contributed by atoms with Gasteiger partial charge in [-0.15, -0.1) is 0 Å². The Morgan fingerprint density at radius 1 is 1.19 bits per heavy atom. The summed E-state index contributed by atoms with van der Waals surface area (Å²) in [5, 5.41) is 3.51. The molecule has 1 unspecified atom stereocenters. The molecular formula is C17H23N3O. The quantitative estimate of drug-likeness (QED) is 0.877. The molecule has 1 aromatic carbocycles. The number of hydrogen-bond donors (Lipinski definition) is 1. The minimum Gasteiger partial charge on any atom is -0.494 e. The number of anilines is 2. The van der Waals surface area contributed by atoms with E-state index in [0.29, 0.717) is 6.61 Å². The van der Waals surface area contributed by atoms with Gasteiger partial charge in [-0.1, -0.05) is 12.1 Å². The van der Waals surface area contributed by atoms with Gasteiger partial charge in [0, 0.05) is 26.3 Å². The standard InChI is InChI=1S/C17H23N3O/c1-5-21-15-10-8-14(9-11-15)13(2)19-16-7-6-12-18-17(16)20(3)4/h6-13,19H,5H2,1-4H3. The number of rotatable bonds is 6. The molecule has 1 aromatic heterocycles. The van der Waals surface area contributed by atoms with Crippen LogP contribution >= 0.6 is 0 Å². The van der Waals surface area contributed by atoms with Gasteiger partial charge in [0.15, 0.2) is 5.82 Å². The number of ether oxygens (including phenoxy) is 1. The second-order valence-corrected chi connectivity index (χ2v) is 5.14. The fourth-order valence-corrected chi connectivity index (χ4v) is 2.20. The van der Waals surface area contributed by atoms with E-state index in [9.17, 15) is 0 Å². The van der Waals surface area contributed by atoms with Crippen LogP contribution in [0.2, 0.25) is 0 Å². The summed E-state index contributed by atoms with van der Waals surface area (Å²) in [6.07, 6.45) is 1.81. The van der Waals surface area contributed by atoms with Crippen molar-refractivity contribution in [1.82, 2.24) is 4.98 Å². The van der Waals surface area contributed by atoms with Crippen molar-refractivity contribution < 1.29 is 4.74 Å². The summed E-state index contributed by atoms with van der Waals surface area (Å²) in [5.41, 5.74) is 2.25. The Balaban J connectivity index is 2.12. The second-order valence-electron chi connectivity index (χ2n) is 5.14. The third kappa shape index (κ3) is 3.88. The third-order valence-corrected chi connectivity index (χ3v) is 3.27. The lowest BCUT2D eigenvalue weighted by atomic mass is 10.1. The number of benzene rings is 1. The maximum absolute atomic E-state index is 5.47. The molecule has 0 aliphatic rings. The summed E-state index contributed by atoms with van der Waals surface area (Å²) >= 11 is 0. The van der Waals surface area contributed by atoms with E-state index in [0.717, 1.165) is 17.3 Å². The molecule has 0 aliphatic heterocycles. The first-order valence-corrected chi connectivity index (χ1v) is 7.23. The molecule has 0 bridgehead atoms. The zero-order valence-corrected chi connectivity index (χ0v) is 13.1. The normalized spacial score (nSPS) is 11.8. The van der Waals surface area contributed by atoms with Crippen molar-refractivity contribution in [2.75, 3.05) is 30.9 Å². The molecule has 112 valence electrons.